The number of benzene rings is 2. The fraction of sp³-hybridized carbons (Fsp3) is 0.261. The molecule has 0 aromatic heterocycles. The van der Waals surface area contributed by atoms with E-state index in [0.717, 1.165) is 5.56 Å². The van der Waals surface area contributed by atoms with Crippen LogP contribution in [-0.4, -0.2) is 23.0 Å². The molecule has 1 aliphatic carbocycles. The lowest BCUT2D eigenvalue weighted by Gasteiger charge is -2.36. The van der Waals surface area contributed by atoms with Gasteiger partial charge in [0, 0.05) is 24.8 Å². The molecular weight excluding hydrogens is 338 g/mol. The Bertz CT molecular complexity index is 963. The summed E-state index contributed by atoms with van der Waals surface area (Å²) in [5.74, 6) is -1.11. The molecule has 3 atom stereocenters. The maximum atomic E-state index is 13.5. The molecule has 2 aromatic carbocycles. The molecule has 0 saturated heterocycles. The minimum absolute atomic E-state index is 0.0300. The van der Waals surface area contributed by atoms with Crippen molar-refractivity contribution in [1.29, 1.82) is 0 Å². The van der Waals surface area contributed by atoms with Crippen LogP contribution in [0, 0.1) is 11.8 Å². The molecular formula is C23H21NO3. The van der Waals surface area contributed by atoms with Crippen molar-refractivity contribution in [1.82, 2.24) is 0 Å². The predicted molar refractivity (Wildman–Crippen MR) is 104 cm³/mol. The highest BCUT2D eigenvalue weighted by Gasteiger charge is 2.65. The maximum absolute atomic E-state index is 13.5. The van der Waals surface area contributed by atoms with Crippen LogP contribution in [0.15, 0.2) is 60.7 Å². The third-order valence-electron chi connectivity index (χ3n) is 5.73. The number of rotatable bonds is 2. The summed E-state index contributed by atoms with van der Waals surface area (Å²) < 4.78 is 0. The molecule has 2 aliphatic rings. The molecule has 1 spiro atoms. The summed E-state index contributed by atoms with van der Waals surface area (Å²) in [5, 5.41) is 0. The van der Waals surface area contributed by atoms with Crippen molar-refractivity contribution in [3.8, 4) is 0 Å². The number of para-hydroxylation sites is 1. The van der Waals surface area contributed by atoms with Crippen LogP contribution in [-0.2, 0) is 9.59 Å². The van der Waals surface area contributed by atoms with E-state index in [2.05, 4.69) is 0 Å². The van der Waals surface area contributed by atoms with Gasteiger partial charge in [0.2, 0.25) is 5.91 Å². The highest BCUT2D eigenvalue weighted by atomic mass is 16.2. The minimum Gasteiger partial charge on any atom is -0.296 e. The van der Waals surface area contributed by atoms with E-state index in [-0.39, 0.29) is 35.7 Å². The van der Waals surface area contributed by atoms with Crippen molar-refractivity contribution < 1.29 is 14.4 Å². The number of Topliss-reactive ketones (excluding diaryl/α,β-unsaturated/α-hetero) is 2. The Hall–Kier alpha value is -3.01. The highest BCUT2D eigenvalue weighted by Crippen LogP contribution is 2.51. The van der Waals surface area contributed by atoms with E-state index in [0.29, 0.717) is 11.3 Å². The first-order chi connectivity index (χ1) is 13.0. The third kappa shape index (κ3) is 2.40. The van der Waals surface area contributed by atoms with Crippen LogP contribution in [0.25, 0.3) is 6.08 Å². The van der Waals surface area contributed by atoms with Gasteiger partial charge in [0.1, 0.15) is 0 Å². The molecule has 1 amide bonds. The number of amides is 1. The molecule has 4 heteroatoms. The summed E-state index contributed by atoms with van der Waals surface area (Å²) in [4.78, 5) is 40.7. The number of carbonyl (C=O) groups excluding carboxylic acids is 3. The van der Waals surface area contributed by atoms with Gasteiger partial charge in [-0.2, -0.15) is 0 Å². The van der Waals surface area contributed by atoms with Crippen molar-refractivity contribution in [2.45, 2.75) is 25.8 Å². The van der Waals surface area contributed by atoms with Gasteiger partial charge in [-0.25, -0.2) is 0 Å². The molecule has 0 N–H and O–H groups in total. The first kappa shape index (κ1) is 17.4. The van der Waals surface area contributed by atoms with E-state index in [1.165, 1.54) is 11.8 Å². The number of nitrogens with zero attached hydrogens (tertiary/aromatic N) is 1. The van der Waals surface area contributed by atoms with E-state index in [4.69, 9.17) is 0 Å². The van der Waals surface area contributed by atoms with Crippen LogP contribution in [0.1, 0.15) is 36.2 Å². The van der Waals surface area contributed by atoms with Crippen LogP contribution < -0.4 is 4.90 Å². The van der Waals surface area contributed by atoms with Gasteiger partial charge in [0.25, 0.3) is 0 Å². The quantitative estimate of drug-likeness (QED) is 0.764. The van der Waals surface area contributed by atoms with Gasteiger partial charge >= 0.3 is 0 Å². The van der Waals surface area contributed by atoms with Crippen molar-refractivity contribution in [2.75, 3.05) is 4.90 Å². The lowest BCUT2D eigenvalue weighted by Crippen LogP contribution is -2.59. The molecule has 4 rings (SSSR count). The SMILES string of the molecule is CC(=O)N1c2ccccc2C(=O)[C@]12C(=O)C[C@H](C)[C@H]2/C=C/c1ccccc1. The van der Waals surface area contributed by atoms with Gasteiger partial charge in [-0.3, -0.25) is 19.3 Å². The van der Waals surface area contributed by atoms with Crippen molar-refractivity contribution in [3.63, 3.8) is 0 Å². The second-order valence-electron chi connectivity index (χ2n) is 7.37. The second-order valence-corrected chi connectivity index (χ2v) is 7.37. The molecule has 4 nitrogen and oxygen atoms in total. The molecule has 0 bridgehead atoms. The Morgan fingerprint density at radius 1 is 1.07 bits per heavy atom. The average Bonchev–Trinajstić information content (AvgIpc) is 3.07. The van der Waals surface area contributed by atoms with Gasteiger partial charge < -0.3 is 0 Å². The summed E-state index contributed by atoms with van der Waals surface area (Å²) in [6, 6.07) is 16.8. The van der Waals surface area contributed by atoms with Crippen molar-refractivity contribution in [2.24, 2.45) is 11.8 Å². The van der Waals surface area contributed by atoms with Crippen LogP contribution >= 0.6 is 0 Å². The first-order valence-corrected chi connectivity index (χ1v) is 9.19. The summed E-state index contributed by atoms with van der Waals surface area (Å²) >= 11 is 0. The van der Waals surface area contributed by atoms with Crippen LogP contribution in [0.2, 0.25) is 0 Å². The van der Waals surface area contributed by atoms with Crippen LogP contribution in [0.4, 0.5) is 5.69 Å². The average molecular weight is 359 g/mol. The molecule has 1 heterocycles. The molecule has 0 unspecified atom stereocenters. The van der Waals surface area contributed by atoms with Crippen molar-refractivity contribution in [3.05, 3.63) is 71.8 Å². The fourth-order valence-corrected chi connectivity index (χ4v) is 4.61. The van der Waals surface area contributed by atoms with E-state index in [1.807, 2.05) is 49.4 Å². The number of carbonyl (C=O) groups is 3. The Morgan fingerprint density at radius 3 is 2.44 bits per heavy atom. The summed E-state index contributed by atoms with van der Waals surface area (Å²) in [7, 11) is 0. The lowest BCUT2D eigenvalue weighted by atomic mass is 9.78. The lowest BCUT2D eigenvalue weighted by molar-refractivity contribution is -0.125. The van der Waals surface area contributed by atoms with E-state index in [1.54, 1.807) is 24.3 Å². The predicted octanol–water partition coefficient (Wildman–Crippen LogP) is 3.91. The van der Waals surface area contributed by atoms with E-state index >= 15 is 0 Å². The zero-order chi connectivity index (χ0) is 19.2. The number of anilines is 1. The Balaban J connectivity index is 1.87. The molecule has 136 valence electrons. The van der Waals surface area contributed by atoms with Crippen LogP contribution in [0.3, 0.4) is 0 Å². The minimum atomic E-state index is -1.46. The zero-order valence-corrected chi connectivity index (χ0v) is 15.4. The van der Waals surface area contributed by atoms with Gasteiger partial charge in [-0.05, 0) is 23.6 Å². The Labute approximate surface area is 158 Å². The van der Waals surface area contributed by atoms with Crippen molar-refractivity contribution >= 4 is 29.2 Å². The number of hydrogen-bond donors (Lipinski definition) is 0. The Morgan fingerprint density at radius 2 is 1.74 bits per heavy atom. The number of fused-ring (bicyclic) bond motifs is 1. The monoisotopic (exact) mass is 359 g/mol. The zero-order valence-electron chi connectivity index (χ0n) is 15.4. The maximum Gasteiger partial charge on any atom is 0.225 e. The number of hydrogen-bond acceptors (Lipinski definition) is 3. The van der Waals surface area contributed by atoms with Gasteiger partial charge in [-0.15, -0.1) is 0 Å². The van der Waals surface area contributed by atoms with Crippen LogP contribution in [0.5, 0.6) is 0 Å². The third-order valence-corrected chi connectivity index (χ3v) is 5.73. The molecule has 27 heavy (non-hydrogen) atoms. The highest BCUT2D eigenvalue weighted by molar-refractivity contribution is 6.32. The molecule has 1 saturated carbocycles. The second kappa shape index (κ2) is 6.31. The van der Waals surface area contributed by atoms with E-state index in [9.17, 15) is 14.4 Å². The topological polar surface area (TPSA) is 54.5 Å². The summed E-state index contributed by atoms with van der Waals surface area (Å²) in [6.07, 6.45) is 4.16. The standard InChI is InChI=1S/C23H21NO3/c1-15-14-21(26)23(19(15)13-12-17-8-4-3-5-9-17)22(27)18-10-6-7-11-20(18)24(23)16(2)25/h3-13,15,19H,14H2,1-2H3/b13-12+/t15-,19+,23-/m0/s1. The fourth-order valence-electron chi connectivity index (χ4n) is 4.61. The van der Waals surface area contributed by atoms with Gasteiger partial charge in [-0.1, -0.05) is 61.5 Å². The van der Waals surface area contributed by atoms with E-state index < -0.39 is 5.54 Å². The largest absolute Gasteiger partial charge is 0.296 e. The number of ketones is 2. The normalized spacial score (nSPS) is 27.0. The molecule has 0 radical (unpaired) electrons. The first-order valence-electron chi connectivity index (χ1n) is 9.19. The molecule has 2 aromatic rings. The Kier molecular flexibility index (Phi) is 4.06. The molecule has 1 fully saturated rings. The molecule has 1 aliphatic heterocycles. The summed E-state index contributed by atoms with van der Waals surface area (Å²) in [6.45, 7) is 3.40. The van der Waals surface area contributed by atoms with Gasteiger partial charge in [0.05, 0.1) is 5.69 Å². The summed E-state index contributed by atoms with van der Waals surface area (Å²) in [5.41, 5.74) is 0.528. The van der Waals surface area contributed by atoms with Gasteiger partial charge in [0.15, 0.2) is 17.1 Å². The smallest absolute Gasteiger partial charge is 0.225 e.